The zero-order valence-electron chi connectivity index (χ0n) is 8.80. The molecule has 0 saturated heterocycles. The van der Waals surface area contributed by atoms with Crippen LogP contribution in [0.25, 0.3) is 0 Å². The van der Waals surface area contributed by atoms with Gasteiger partial charge >= 0.3 is 0 Å². The highest BCUT2D eigenvalue weighted by Crippen LogP contribution is 2.29. The van der Waals surface area contributed by atoms with Crippen molar-refractivity contribution in [3.05, 3.63) is 0 Å². The van der Waals surface area contributed by atoms with Crippen molar-refractivity contribution in [2.45, 2.75) is 43.8 Å². The normalized spacial score (nSPS) is 31.5. The fourth-order valence-corrected chi connectivity index (χ4v) is 1.96. The molecular weight excluding hydrogens is 202 g/mol. The third-order valence-electron chi connectivity index (χ3n) is 2.86. The van der Waals surface area contributed by atoms with E-state index in [1.54, 1.807) is 7.05 Å². The number of hydrogen-bond donors (Lipinski definition) is 1. The van der Waals surface area contributed by atoms with Crippen molar-refractivity contribution in [2.75, 3.05) is 13.7 Å². The Kier molecular flexibility index (Phi) is 4.43. The van der Waals surface area contributed by atoms with Crippen molar-refractivity contribution in [2.24, 2.45) is 0 Å². The molecular formula is C10H16F2N2O. The van der Waals surface area contributed by atoms with Gasteiger partial charge < -0.3 is 10.1 Å². The van der Waals surface area contributed by atoms with Gasteiger partial charge in [-0.15, -0.1) is 0 Å². The molecule has 0 spiro atoms. The van der Waals surface area contributed by atoms with Gasteiger partial charge in [-0.1, -0.05) is 0 Å². The van der Waals surface area contributed by atoms with E-state index >= 15 is 0 Å². The molecule has 1 rings (SSSR count). The largest absolute Gasteiger partial charge is 0.372 e. The Labute approximate surface area is 88.4 Å². The van der Waals surface area contributed by atoms with Gasteiger partial charge in [-0.05, 0) is 26.3 Å². The van der Waals surface area contributed by atoms with Crippen LogP contribution >= 0.6 is 0 Å². The summed E-state index contributed by atoms with van der Waals surface area (Å²) < 4.78 is 28.9. The van der Waals surface area contributed by atoms with Gasteiger partial charge in [0, 0.05) is 6.42 Å². The molecule has 1 saturated carbocycles. The second-order valence-electron chi connectivity index (χ2n) is 3.89. The number of alkyl halides is 2. The Morgan fingerprint density at radius 3 is 2.93 bits per heavy atom. The van der Waals surface area contributed by atoms with E-state index in [0.29, 0.717) is 6.42 Å². The van der Waals surface area contributed by atoms with Crippen LogP contribution in [-0.2, 0) is 4.74 Å². The Morgan fingerprint density at radius 1 is 1.67 bits per heavy atom. The predicted molar refractivity (Wildman–Crippen MR) is 51.6 cm³/mol. The number of halogens is 2. The van der Waals surface area contributed by atoms with Crippen LogP contribution in [0.4, 0.5) is 8.78 Å². The SMILES string of the molecule is CNC1(C#N)CCCC(OCC(F)F)C1. The number of nitriles is 1. The summed E-state index contributed by atoms with van der Waals surface area (Å²) in [4.78, 5) is 0. The highest BCUT2D eigenvalue weighted by Gasteiger charge is 2.35. The summed E-state index contributed by atoms with van der Waals surface area (Å²) in [7, 11) is 1.72. The van der Waals surface area contributed by atoms with E-state index in [-0.39, 0.29) is 6.10 Å². The third-order valence-corrected chi connectivity index (χ3v) is 2.86. The zero-order chi connectivity index (χ0) is 11.3. The minimum absolute atomic E-state index is 0.222. The van der Waals surface area contributed by atoms with Crippen molar-refractivity contribution >= 4 is 0 Å². The van der Waals surface area contributed by atoms with Gasteiger partial charge in [-0.2, -0.15) is 5.26 Å². The number of ether oxygens (including phenoxy) is 1. The Balaban J connectivity index is 2.45. The summed E-state index contributed by atoms with van der Waals surface area (Å²) in [6.07, 6.45) is 0.194. The number of rotatable bonds is 4. The van der Waals surface area contributed by atoms with Gasteiger partial charge in [0.1, 0.15) is 12.1 Å². The predicted octanol–water partition coefficient (Wildman–Crippen LogP) is 1.69. The maximum atomic E-state index is 11.9. The summed E-state index contributed by atoms with van der Waals surface area (Å²) >= 11 is 0. The lowest BCUT2D eigenvalue weighted by molar-refractivity contribution is -0.0457. The molecule has 15 heavy (non-hydrogen) atoms. The monoisotopic (exact) mass is 218 g/mol. The lowest BCUT2D eigenvalue weighted by Gasteiger charge is -2.35. The smallest absolute Gasteiger partial charge is 0.261 e. The molecule has 86 valence electrons. The molecule has 2 atom stereocenters. The van der Waals surface area contributed by atoms with Crippen LogP contribution in [0.1, 0.15) is 25.7 Å². The van der Waals surface area contributed by atoms with Crippen molar-refractivity contribution in [3.8, 4) is 6.07 Å². The van der Waals surface area contributed by atoms with E-state index in [2.05, 4.69) is 11.4 Å². The molecule has 5 heteroatoms. The molecule has 0 aromatic rings. The topological polar surface area (TPSA) is 45.0 Å². The molecule has 1 N–H and O–H groups in total. The van der Waals surface area contributed by atoms with Crippen molar-refractivity contribution in [1.82, 2.24) is 5.32 Å². The van der Waals surface area contributed by atoms with Crippen LogP contribution in [0, 0.1) is 11.3 Å². The lowest BCUT2D eigenvalue weighted by atomic mass is 9.81. The van der Waals surface area contributed by atoms with Gasteiger partial charge in [0.2, 0.25) is 0 Å². The average Bonchev–Trinajstić information content (AvgIpc) is 2.26. The first-order chi connectivity index (χ1) is 7.12. The second-order valence-corrected chi connectivity index (χ2v) is 3.89. The van der Waals surface area contributed by atoms with Gasteiger partial charge in [0.05, 0.1) is 12.2 Å². The fraction of sp³-hybridized carbons (Fsp3) is 0.900. The van der Waals surface area contributed by atoms with E-state index in [9.17, 15) is 8.78 Å². The highest BCUT2D eigenvalue weighted by molar-refractivity contribution is 5.09. The van der Waals surface area contributed by atoms with Crippen LogP contribution in [0.2, 0.25) is 0 Å². The minimum Gasteiger partial charge on any atom is -0.372 e. The zero-order valence-corrected chi connectivity index (χ0v) is 8.80. The van der Waals surface area contributed by atoms with Crippen LogP contribution < -0.4 is 5.32 Å². The first-order valence-electron chi connectivity index (χ1n) is 5.12. The standard InChI is InChI=1S/C10H16F2N2O/c1-14-10(7-13)4-2-3-8(5-10)15-6-9(11)12/h8-9,14H,2-6H2,1H3. The molecule has 1 aliphatic rings. The van der Waals surface area contributed by atoms with E-state index in [1.807, 2.05) is 0 Å². The lowest BCUT2D eigenvalue weighted by Crippen LogP contribution is -2.47. The van der Waals surface area contributed by atoms with E-state index in [1.165, 1.54) is 0 Å². The molecule has 0 radical (unpaired) electrons. The van der Waals surface area contributed by atoms with Gasteiger partial charge in [-0.25, -0.2) is 8.78 Å². The quantitative estimate of drug-likeness (QED) is 0.781. The minimum atomic E-state index is -2.43. The maximum absolute atomic E-state index is 11.9. The van der Waals surface area contributed by atoms with E-state index in [4.69, 9.17) is 10.00 Å². The molecule has 1 aliphatic carbocycles. The molecule has 0 aromatic carbocycles. The first kappa shape index (κ1) is 12.3. The van der Waals surface area contributed by atoms with Gasteiger partial charge in [0.15, 0.2) is 0 Å². The highest BCUT2D eigenvalue weighted by atomic mass is 19.3. The maximum Gasteiger partial charge on any atom is 0.261 e. The fourth-order valence-electron chi connectivity index (χ4n) is 1.96. The van der Waals surface area contributed by atoms with Gasteiger partial charge in [-0.3, -0.25) is 0 Å². The van der Waals surface area contributed by atoms with Gasteiger partial charge in [0.25, 0.3) is 6.43 Å². The molecule has 0 amide bonds. The number of nitrogens with zero attached hydrogens (tertiary/aromatic N) is 1. The molecule has 0 heterocycles. The van der Waals surface area contributed by atoms with Crippen molar-refractivity contribution in [1.29, 1.82) is 5.26 Å². The average molecular weight is 218 g/mol. The van der Waals surface area contributed by atoms with E-state index < -0.39 is 18.6 Å². The summed E-state index contributed by atoms with van der Waals surface area (Å²) in [5.74, 6) is 0. The first-order valence-corrected chi connectivity index (χ1v) is 5.12. The third kappa shape index (κ3) is 3.40. The Hall–Kier alpha value is -0.730. The van der Waals surface area contributed by atoms with Crippen LogP contribution in [0.5, 0.6) is 0 Å². The van der Waals surface area contributed by atoms with Crippen LogP contribution in [0.3, 0.4) is 0 Å². The molecule has 0 aliphatic heterocycles. The molecule has 3 nitrogen and oxygen atoms in total. The summed E-state index contributed by atoms with van der Waals surface area (Å²) in [5, 5.41) is 12.0. The van der Waals surface area contributed by atoms with Crippen molar-refractivity contribution in [3.63, 3.8) is 0 Å². The van der Waals surface area contributed by atoms with Crippen LogP contribution in [-0.4, -0.2) is 31.7 Å². The summed E-state index contributed by atoms with van der Waals surface area (Å²) in [6.45, 7) is -0.532. The Bertz CT molecular complexity index is 242. The summed E-state index contributed by atoms with van der Waals surface area (Å²) in [5.41, 5.74) is -0.592. The Morgan fingerprint density at radius 2 is 2.40 bits per heavy atom. The second kappa shape index (κ2) is 5.38. The van der Waals surface area contributed by atoms with E-state index in [0.717, 1.165) is 19.3 Å². The molecule has 1 fully saturated rings. The molecule has 2 unspecified atom stereocenters. The molecule has 0 aromatic heterocycles. The van der Waals surface area contributed by atoms with Crippen molar-refractivity contribution < 1.29 is 13.5 Å². The number of nitrogens with one attached hydrogen (secondary N) is 1. The van der Waals surface area contributed by atoms with Crippen LogP contribution in [0.15, 0.2) is 0 Å². The summed E-state index contributed by atoms with van der Waals surface area (Å²) in [6, 6.07) is 2.21. The molecule has 0 bridgehead atoms. The number of hydrogen-bond acceptors (Lipinski definition) is 3.